The lowest BCUT2D eigenvalue weighted by atomic mass is 10.3. The molecule has 2 amide bonds. The largest absolute Gasteiger partial charge is 0.354 e. The van der Waals surface area contributed by atoms with Gasteiger partial charge in [0.1, 0.15) is 0 Å². The Kier molecular flexibility index (Phi) is 5.91. The Balaban J connectivity index is 2.44. The molecule has 0 aliphatic heterocycles. The van der Waals surface area contributed by atoms with Crippen molar-refractivity contribution < 1.29 is 14.9 Å². The van der Waals surface area contributed by atoms with Gasteiger partial charge in [0.15, 0.2) is 13.1 Å². The molecule has 0 spiro atoms. The summed E-state index contributed by atoms with van der Waals surface area (Å²) < 4.78 is 0. The Morgan fingerprint density at radius 1 is 1.22 bits per heavy atom. The second-order valence-corrected chi connectivity index (χ2v) is 4.39. The minimum atomic E-state index is -0.247. The van der Waals surface area contributed by atoms with Crippen LogP contribution in [0.4, 0.5) is 5.69 Å². The number of likely N-dealkylation sites (N-methyl/N-ethyl adjacent to an activating group) is 1. The number of amides is 2. The summed E-state index contributed by atoms with van der Waals surface area (Å²) in [6.45, 7) is 0.337. The van der Waals surface area contributed by atoms with Crippen molar-refractivity contribution >= 4 is 40.7 Å². The molecule has 0 unspecified atom stereocenters. The third-order valence-electron chi connectivity index (χ3n) is 2.14. The molecule has 0 saturated carbocycles. The molecule has 1 aromatic carbocycles. The summed E-state index contributed by atoms with van der Waals surface area (Å²) in [5, 5.41) is 7.58. The molecule has 98 valence electrons. The fourth-order valence-corrected chi connectivity index (χ4v) is 1.57. The molecule has 0 saturated heterocycles. The van der Waals surface area contributed by atoms with Crippen LogP contribution in [0.5, 0.6) is 0 Å². The lowest BCUT2D eigenvalue weighted by Crippen LogP contribution is -2.88. The minimum absolute atomic E-state index is 0.135. The van der Waals surface area contributed by atoms with Crippen LogP contribution in [0.3, 0.4) is 0 Å². The number of nitrogens with two attached hydrogens (primary N) is 1. The van der Waals surface area contributed by atoms with E-state index in [1.807, 2.05) is 0 Å². The van der Waals surface area contributed by atoms with Gasteiger partial charge in [-0.1, -0.05) is 23.2 Å². The van der Waals surface area contributed by atoms with Gasteiger partial charge in [0.25, 0.3) is 11.8 Å². The van der Waals surface area contributed by atoms with E-state index in [0.717, 1.165) is 0 Å². The van der Waals surface area contributed by atoms with Crippen molar-refractivity contribution in [3.8, 4) is 0 Å². The third kappa shape index (κ3) is 4.91. The average Bonchev–Trinajstić information content (AvgIpc) is 2.33. The molecule has 7 heteroatoms. The maximum absolute atomic E-state index is 11.6. The van der Waals surface area contributed by atoms with E-state index in [-0.39, 0.29) is 24.9 Å². The molecule has 4 N–H and O–H groups in total. The van der Waals surface area contributed by atoms with Crippen LogP contribution in [-0.2, 0) is 9.59 Å². The van der Waals surface area contributed by atoms with Gasteiger partial charge in [-0.2, -0.15) is 0 Å². The smallest absolute Gasteiger partial charge is 0.279 e. The summed E-state index contributed by atoms with van der Waals surface area (Å²) in [5.41, 5.74) is 0.461. The number of halogens is 2. The van der Waals surface area contributed by atoms with Gasteiger partial charge in [0.05, 0.1) is 10.7 Å². The van der Waals surface area contributed by atoms with Gasteiger partial charge in [-0.15, -0.1) is 0 Å². The Morgan fingerprint density at radius 2 is 1.89 bits per heavy atom. The lowest BCUT2D eigenvalue weighted by Gasteiger charge is -2.06. The van der Waals surface area contributed by atoms with E-state index in [2.05, 4.69) is 10.6 Å². The summed E-state index contributed by atoms with van der Waals surface area (Å²) >= 11 is 11.7. The van der Waals surface area contributed by atoms with Crippen LogP contribution >= 0.6 is 23.2 Å². The van der Waals surface area contributed by atoms with Crippen molar-refractivity contribution in [1.82, 2.24) is 5.32 Å². The van der Waals surface area contributed by atoms with Crippen LogP contribution < -0.4 is 16.0 Å². The Bertz CT molecular complexity index is 452. The Hall–Kier alpha value is -1.30. The highest BCUT2D eigenvalue weighted by molar-refractivity contribution is 6.35. The van der Waals surface area contributed by atoms with E-state index in [1.165, 1.54) is 0 Å². The first-order chi connectivity index (χ1) is 8.52. The molecule has 0 radical (unpaired) electrons. The van der Waals surface area contributed by atoms with Crippen LogP contribution in [0, 0.1) is 0 Å². The molecule has 18 heavy (non-hydrogen) atoms. The van der Waals surface area contributed by atoms with Crippen LogP contribution in [-0.4, -0.2) is 32.0 Å². The van der Waals surface area contributed by atoms with Crippen molar-refractivity contribution in [2.24, 2.45) is 0 Å². The maximum atomic E-state index is 11.6. The molecule has 0 aromatic heterocycles. The minimum Gasteiger partial charge on any atom is -0.354 e. The van der Waals surface area contributed by atoms with Crippen molar-refractivity contribution in [3.63, 3.8) is 0 Å². The number of rotatable bonds is 5. The number of hydrogen-bond acceptors (Lipinski definition) is 2. The maximum Gasteiger partial charge on any atom is 0.279 e. The van der Waals surface area contributed by atoms with E-state index in [4.69, 9.17) is 23.2 Å². The van der Waals surface area contributed by atoms with E-state index < -0.39 is 0 Å². The third-order valence-corrected chi connectivity index (χ3v) is 2.71. The van der Waals surface area contributed by atoms with Gasteiger partial charge in [-0.3, -0.25) is 9.59 Å². The van der Waals surface area contributed by atoms with Gasteiger partial charge in [-0.05, 0) is 18.2 Å². The molecule has 0 heterocycles. The quantitative estimate of drug-likeness (QED) is 0.727. The second-order valence-electron chi connectivity index (χ2n) is 3.54. The summed E-state index contributed by atoms with van der Waals surface area (Å²) in [6.07, 6.45) is 0. The molecule has 0 atom stereocenters. The van der Waals surface area contributed by atoms with E-state index in [1.54, 1.807) is 30.6 Å². The predicted molar refractivity (Wildman–Crippen MR) is 70.8 cm³/mol. The van der Waals surface area contributed by atoms with Crippen molar-refractivity contribution in [1.29, 1.82) is 0 Å². The summed E-state index contributed by atoms with van der Waals surface area (Å²) in [6, 6.07) is 4.81. The summed E-state index contributed by atoms with van der Waals surface area (Å²) in [4.78, 5) is 22.5. The zero-order valence-electron chi connectivity index (χ0n) is 9.80. The van der Waals surface area contributed by atoms with Crippen molar-refractivity contribution in [2.75, 3.05) is 25.5 Å². The predicted octanol–water partition coefficient (Wildman–Crippen LogP) is 0.241. The molecule has 0 bridgehead atoms. The van der Waals surface area contributed by atoms with E-state index in [9.17, 15) is 9.59 Å². The zero-order chi connectivity index (χ0) is 13.5. The highest BCUT2D eigenvalue weighted by atomic mass is 35.5. The van der Waals surface area contributed by atoms with Crippen molar-refractivity contribution in [3.05, 3.63) is 28.2 Å². The van der Waals surface area contributed by atoms with Crippen LogP contribution in [0.2, 0.25) is 10.0 Å². The van der Waals surface area contributed by atoms with Crippen LogP contribution in [0.25, 0.3) is 0 Å². The summed E-state index contributed by atoms with van der Waals surface area (Å²) in [7, 11) is 1.54. The van der Waals surface area contributed by atoms with Crippen LogP contribution in [0.1, 0.15) is 0 Å². The molecule has 0 aliphatic carbocycles. The van der Waals surface area contributed by atoms with Gasteiger partial charge in [0.2, 0.25) is 0 Å². The monoisotopic (exact) mass is 290 g/mol. The second kappa shape index (κ2) is 7.20. The Labute approximate surface area is 115 Å². The fourth-order valence-electron chi connectivity index (χ4n) is 1.23. The molecule has 1 aromatic rings. The lowest BCUT2D eigenvalue weighted by molar-refractivity contribution is -0.632. The zero-order valence-corrected chi connectivity index (χ0v) is 11.3. The number of carbonyl (C=O) groups excluding carboxylic acids is 2. The van der Waals surface area contributed by atoms with E-state index >= 15 is 0 Å². The number of quaternary nitrogens is 1. The highest BCUT2D eigenvalue weighted by Crippen LogP contribution is 2.25. The van der Waals surface area contributed by atoms with E-state index in [0.29, 0.717) is 15.7 Å². The molecule has 5 nitrogen and oxygen atoms in total. The SMILES string of the molecule is CNC(=O)C[NH2+]CC(=O)Nc1cc(Cl)ccc1Cl. The standard InChI is InChI=1S/C11H13Cl2N3O2/c1-14-10(17)5-15-6-11(18)16-9-4-7(12)2-3-8(9)13/h2-4,15H,5-6H2,1H3,(H,14,17)(H,16,18)/p+1. The van der Waals surface area contributed by atoms with Gasteiger partial charge in [0, 0.05) is 12.1 Å². The number of benzene rings is 1. The molecule has 1 rings (SSSR count). The van der Waals surface area contributed by atoms with Gasteiger partial charge < -0.3 is 16.0 Å². The first kappa shape index (κ1) is 14.8. The fraction of sp³-hybridized carbons (Fsp3) is 0.273. The number of nitrogens with one attached hydrogen (secondary N) is 2. The van der Waals surface area contributed by atoms with Gasteiger partial charge in [-0.25, -0.2) is 0 Å². The van der Waals surface area contributed by atoms with Gasteiger partial charge >= 0.3 is 0 Å². The first-order valence-electron chi connectivity index (χ1n) is 5.30. The normalized spacial score (nSPS) is 9.94. The highest BCUT2D eigenvalue weighted by Gasteiger charge is 2.09. The molecular weight excluding hydrogens is 277 g/mol. The number of anilines is 1. The molecule has 0 aliphatic rings. The average molecular weight is 291 g/mol. The number of hydrogen-bond donors (Lipinski definition) is 3. The summed E-state index contributed by atoms with van der Waals surface area (Å²) in [5.74, 6) is -0.383. The first-order valence-corrected chi connectivity index (χ1v) is 6.05. The topological polar surface area (TPSA) is 74.8 Å². The van der Waals surface area contributed by atoms with Crippen molar-refractivity contribution in [2.45, 2.75) is 0 Å². The van der Waals surface area contributed by atoms with Crippen LogP contribution in [0.15, 0.2) is 18.2 Å². The molecule has 0 fully saturated rings. The molecular formula is C11H14Cl2N3O2+. The number of carbonyl (C=O) groups is 2. The Morgan fingerprint density at radius 3 is 2.56 bits per heavy atom.